The van der Waals surface area contributed by atoms with Crippen molar-refractivity contribution in [2.75, 3.05) is 19.6 Å². The van der Waals surface area contributed by atoms with Crippen LogP contribution in [-0.4, -0.2) is 41.5 Å². The van der Waals surface area contributed by atoms with Crippen LogP contribution in [0.25, 0.3) is 10.2 Å². The van der Waals surface area contributed by atoms with Crippen molar-refractivity contribution in [2.45, 2.75) is 32.2 Å². The summed E-state index contributed by atoms with van der Waals surface area (Å²) in [5.74, 6) is 0.830. The summed E-state index contributed by atoms with van der Waals surface area (Å²) in [6.45, 7) is 5.53. The molecule has 0 aliphatic carbocycles. The number of thiazole rings is 1. The van der Waals surface area contributed by atoms with E-state index in [-0.39, 0.29) is 5.91 Å². The number of nitrogens with one attached hydrogen (secondary N) is 1. The standard InChI is InChI=1S/C17H21N3OS/c1-2-16-19-14-4-3-12(8-15(14)22-16)17(21)18-13-7-11-5-6-20(9-11)10-13/h3-4,8,11,13H,2,5-7,9-10H2,1H3,(H,18,21)/t11-,13-/m1/s1. The third kappa shape index (κ3) is 2.63. The first-order valence-electron chi connectivity index (χ1n) is 8.14. The first-order chi connectivity index (χ1) is 10.7. The maximum atomic E-state index is 12.5. The van der Waals surface area contributed by atoms with Crippen molar-refractivity contribution >= 4 is 27.5 Å². The van der Waals surface area contributed by atoms with Gasteiger partial charge in [-0.15, -0.1) is 11.3 Å². The van der Waals surface area contributed by atoms with Gasteiger partial charge in [0.25, 0.3) is 5.91 Å². The fraction of sp³-hybridized carbons (Fsp3) is 0.529. The second kappa shape index (κ2) is 5.63. The lowest BCUT2D eigenvalue weighted by atomic mass is 9.96. The van der Waals surface area contributed by atoms with Gasteiger partial charge in [0.15, 0.2) is 0 Å². The van der Waals surface area contributed by atoms with Gasteiger partial charge in [-0.1, -0.05) is 6.92 Å². The average molecular weight is 315 g/mol. The number of amides is 1. The molecule has 4 nitrogen and oxygen atoms in total. The third-order valence-corrected chi connectivity index (χ3v) is 5.96. The van der Waals surface area contributed by atoms with Gasteiger partial charge in [-0.05, 0) is 49.9 Å². The van der Waals surface area contributed by atoms with Crippen LogP contribution in [0.4, 0.5) is 0 Å². The molecule has 1 aromatic heterocycles. The normalized spacial score (nSPS) is 27.2. The summed E-state index contributed by atoms with van der Waals surface area (Å²) >= 11 is 1.69. The predicted octanol–water partition coefficient (Wildman–Crippen LogP) is 2.68. The van der Waals surface area contributed by atoms with Gasteiger partial charge in [0, 0.05) is 24.7 Å². The molecule has 3 atom stereocenters. The van der Waals surface area contributed by atoms with Gasteiger partial charge < -0.3 is 10.2 Å². The topological polar surface area (TPSA) is 45.2 Å². The number of aryl methyl sites for hydroxylation is 1. The second-order valence-electron chi connectivity index (χ2n) is 6.46. The molecule has 5 heteroatoms. The van der Waals surface area contributed by atoms with Crippen LogP contribution in [0.15, 0.2) is 18.2 Å². The molecule has 1 unspecified atom stereocenters. The maximum absolute atomic E-state index is 12.5. The van der Waals surface area contributed by atoms with E-state index in [1.807, 2.05) is 18.2 Å². The highest BCUT2D eigenvalue weighted by Crippen LogP contribution is 2.27. The van der Waals surface area contributed by atoms with Gasteiger partial charge in [0.1, 0.15) is 0 Å². The average Bonchev–Trinajstić information content (AvgIpc) is 3.09. The van der Waals surface area contributed by atoms with E-state index in [9.17, 15) is 4.79 Å². The number of hydrogen-bond acceptors (Lipinski definition) is 4. The zero-order chi connectivity index (χ0) is 15.1. The van der Waals surface area contributed by atoms with Crippen molar-refractivity contribution in [3.63, 3.8) is 0 Å². The van der Waals surface area contributed by atoms with Gasteiger partial charge in [0.05, 0.1) is 15.2 Å². The van der Waals surface area contributed by atoms with Crippen LogP contribution < -0.4 is 5.32 Å². The lowest BCUT2D eigenvalue weighted by Gasteiger charge is -2.30. The quantitative estimate of drug-likeness (QED) is 0.947. The number of benzene rings is 1. The monoisotopic (exact) mass is 315 g/mol. The highest BCUT2D eigenvalue weighted by Gasteiger charge is 2.32. The summed E-state index contributed by atoms with van der Waals surface area (Å²) in [6.07, 6.45) is 3.37. The van der Waals surface area contributed by atoms with E-state index in [2.05, 4.69) is 22.1 Å². The van der Waals surface area contributed by atoms with Crippen molar-refractivity contribution < 1.29 is 4.79 Å². The summed E-state index contributed by atoms with van der Waals surface area (Å²) in [4.78, 5) is 19.5. The van der Waals surface area contributed by atoms with Gasteiger partial charge in [0.2, 0.25) is 0 Å². The van der Waals surface area contributed by atoms with E-state index in [0.717, 1.165) is 46.1 Å². The molecule has 22 heavy (non-hydrogen) atoms. The van der Waals surface area contributed by atoms with E-state index in [0.29, 0.717) is 6.04 Å². The summed E-state index contributed by atoms with van der Waals surface area (Å²) < 4.78 is 1.11. The molecule has 2 bridgehead atoms. The molecule has 0 saturated carbocycles. The zero-order valence-electron chi connectivity index (χ0n) is 12.8. The first-order valence-corrected chi connectivity index (χ1v) is 8.95. The van der Waals surface area contributed by atoms with Crippen LogP contribution in [0.2, 0.25) is 0 Å². The lowest BCUT2D eigenvalue weighted by molar-refractivity contribution is 0.0909. The number of fused-ring (bicyclic) bond motifs is 3. The minimum Gasteiger partial charge on any atom is -0.348 e. The fourth-order valence-electron chi connectivity index (χ4n) is 3.70. The Kier molecular flexibility index (Phi) is 3.62. The van der Waals surface area contributed by atoms with Gasteiger partial charge in [-0.25, -0.2) is 4.98 Å². The highest BCUT2D eigenvalue weighted by molar-refractivity contribution is 7.18. The van der Waals surface area contributed by atoms with Gasteiger partial charge in [-0.3, -0.25) is 4.79 Å². The number of aromatic nitrogens is 1. The highest BCUT2D eigenvalue weighted by atomic mass is 32.1. The summed E-state index contributed by atoms with van der Waals surface area (Å²) in [6, 6.07) is 6.15. The lowest BCUT2D eigenvalue weighted by Crippen LogP contribution is -2.47. The van der Waals surface area contributed by atoms with Crippen molar-refractivity contribution in [1.82, 2.24) is 15.2 Å². The van der Waals surface area contributed by atoms with E-state index >= 15 is 0 Å². The number of piperidine rings is 1. The molecular weight excluding hydrogens is 294 g/mol. The van der Waals surface area contributed by atoms with Crippen LogP contribution in [0.5, 0.6) is 0 Å². The predicted molar refractivity (Wildman–Crippen MR) is 89.4 cm³/mol. The zero-order valence-corrected chi connectivity index (χ0v) is 13.7. The number of carbonyl (C=O) groups excluding carboxylic acids is 1. The SMILES string of the molecule is CCc1nc2ccc(C(=O)N[C@@H]3C[C@H]4CCN(C4)C3)cc2s1. The minimum absolute atomic E-state index is 0.0563. The molecule has 1 amide bonds. The summed E-state index contributed by atoms with van der Waals surface area (Å²) in [5, 5.41) is 4.35. The number of rotatable bonds is 3. The molecule has 2 fully saturated rings. The molecule has 4 rings (SSSR count). The number of hydrogen-bond donors (Lipinski definition) is 1. The Morgan fingerprint density at radius 2 is 2.36 bits per heavy atom. The third-order valence-electron chi connectivity index (χ3n) is 4.80. The number of nitrogens with zero attached hydrogens (tertiary/aromatic N) is 2. The Labute approximate surface area is 134 Å². The van der Waals surface area contributed by atoms with Crippen LogP contribution in [0, 0.1) is 5.92 Å². The van der Waals surface area contributed by atoms with E-state index in [1.54, 1.807) is 11.3 Å². The maximum Gasteiger partial charge on any atom is 0.251 e. The van der Waals surface area contributed by atoms with Crippen LogP contribution >= 0.6 is 11.3 Å². The molecule has 2 aliphatic rings. The fourth-order valence-corrected chi connectivity index (χ4v) is 4.64. The summed E-state index contributed by atoms with van der Waals surface area (Å²) in [7, 11) is 0. The Hall–Kier alpha value is -1.46. The Morgan fingerprint density at radius 3 is 3.18 bits per heavy atom. The van der Waals surface area contributed by atoms with Crippen LogP contribution in [0.3, 0.4) is 0 Å². The van der Waals surface area contributed by atoms with Crippen molar-refractivity contribution in [3.8, 4) is 0 Å². The Balaban J connectivity index is 1.50. The first kappa shape index (κ1) is 14.2. The second-order valence-corrected chi connectivity index (χ2v) is 7.58. The largest absolute Gasteiger partial charge is 0.348 e. The molecule has 2 aliphatic heterocycles. The van der Waals surface area contributed by atoms with E-state index < -0.39 is 0 Å². The molecule has 1 N–H and O–H groups in total. The molecule has 3 heterocycles. The molecule has 2 saturated heterocycles. The smallest absolute Gasteiger partial charge is 0.251 e. The minimum atomic E-state index is 0.0563. The van der Waals surface area contributed by atoms with Crippen LogP contribution in [0.1, 0.15) is 35.1 Å². The Bertz CT molecular complexity index is 699. The molecule has 0 radical (unpaired) electrons. The van der Waals surface area contributed by atoms with Crippen molar-refractivity contribution in [1.29, 1.82) is 0 Å². The Morgan fingerprint density at radius 1 is 1.45 bits per heavy atom. The van der Waals surface area contributed by atoms with Crippen molar-refractivity contribution in [2.24, 2.45) is 5.92 Å². The van der Waals surface area contributed by atoms with Crippen LogP contribution in [-0.2, 0) is 6.42 Å². The molecule has 116 valence electrons. The summed E-state index contributed by atoms with van der Waals surface area (Å²) in [5.41, 5.74) is 1.76. The van der Waals surface area contributed by atoms with E-state index in [4.69, 9.17) is 0 Å². The molecule has 2 aromatic rings. The number of carbonyl (C=O) groups is 1. The van der Waals surface area contributed by atoms with E-state index in [1.165, 1.54) is 19.5 Å². The molecular formula is C17H21N3OS. The molecule has 0 spiro atoms. The van der Waals surface area contributed by atoms with Gasteiger partial charge in [-0.2, -0.15) is 0 Å². The van der Waals surface area contributed by atoms with Crippen molar-refractivity contribution in [3.05, 3.63) is 28.8 Å². The van der Waals surface area contributed by atoms with Gasteiger partial charge >= 0.3 is 0 Å². The molecule has 1 aromatic carbocycles.